The third kappa shape index (κ3) is 3.52. The highest BCUT2D eigenvalue weighted by Crippen LogP contribution is 2.18. The van der Waals surface area contributed by atoms with Crippen molar-refractivity contribution in [3.8, 4) is 0 Å². The van der Waals surface area contributed by atoms with Crippen molar-refractivity contribution in [2.75, 3.05) is 6.54 Å². The highest BCUT2D eigenvalue weighted by molar-refractivity contribution is 7.89. The Balaban J connectivity index is 1.82. The fourth-order valence-electron chi connectivity index (χ4n) is 2.32. The molecular formula is C16H17N3O3S. The molecule has 6 nitrogen and oxygen atoms in total. The smallest absolute Gasteiger partial charge is 0.240 e. The van der Waals surface area contributed by atoms with E-state index < -0.39 is 10.0 Å². The maximum atomic E-state index is 12.5. The van der Waals surface area contributed by atoms with E-state index in [1.807, 2.05) is 13.0 Å². The molecule has 1 aromatic carbocycles. The van der Waals surface area contributed by atoms with Gasteiger partial charge in [0, 0.05) is 18.9 Å². The van der Waals surface area contributed by atoms with E-state index in [4.69, 9.17) is 4.42 Å². The van der Waals surface area contributed by atoms with Crippen molar-refractivity contribution in [2.45, 2.75) is 17.9 Å². The minimum Gasteiger partial charge on any atom is -0.467 e. The van der Waals surface area contributed by atoms with Gasteiger partial charge in [0.15, 0.2) is 0 Å². The first-order chi connectivity index (χ1) is 11.1. The molecule has 0 amide bonds. The number of hydrogen-bond donors (Lipinski definition) is 1. The summed E-state index contributed by atoms with van der Waals surface area (Å²) in [5.41, 5.74) is 0.891. The topological polar surface area (TPSA) is 77.1 Å². The van der Waals surface area contributed by atoms with Gasteiger partial charge >= 0.3 is 0 Å². The summed E-state index contributed by atoms with van der Waals surface area (Å²) < 4.78 is 34.6. The van der Waals surface area contributed by atoms with Crippen LogP contribution in [0.25, 0.3) is 0 Å². The van der Waals surface area contributed by atoms with Crippen LogP contribution in [0.2, 0.25) is 0 Å². The number of hydrogen-bond acceptors (Lipinski definition) is 4. The molecule has 0 aliphatic heterocycles. The molecule has 0 bridgehead atoms. The Morgan fingerprint density at radius 3 is 2.78 bits per heavy atom. The summed E-state index contributed by atoms with van der Waals surface area (Å²) in [7, 11) is -3.59. The van der Waals surface area contributed by atoms with Crippen LogP contribution < -0.4 is 4.72 Å². The number of furan rings is 1. The molecule has 0 radical (unpaired) electrons. The van der Waals surface area contributed by atoms with Crippen LogP contribution in [-0.4, -0.2) is 24.7 Å². The Morgan fingerprint density at radius 1 is 1.26 bits per heavy atom. The molecule has 120 valence electrons. The Hall–Kier alpha value is -2.38. The number of sulfonamides is 1. The minimum absolute atomic E-state index is 0.144. The van der Waals surface area contributed by atoms with E-state index in [1.54, 1.807) is 59.7 Å². The fraction of sp³-hybridized carbons (Fsp3) is 0.188. The molecule has 0 saturated carbocycles. The first-order valence-corrected chi connectivity index (χ1v) is 8.63. The lowest BCUT2D eigenvalue weighted by Crippen LogP contribution is -2.31. The standard InChI is InChI=1S/C16H17N3O3S/c1-13-5-2-6-14(11-13)23(20,21)18-12-15(16-7-3-10-22-16)19-9-4-8-17-19/h2-11,15,18H,12H2,1H3. The van der Waals surface area contributed by atoms with E-state index in [0.29, 0.717) is 5.76 Å². The van der Waals surface area contributed by atoms with Crippen LogP contribution in [0.5, 0.6) is 0 Å². The van der Waals surface area contributed by atoms with Gasteiger partial charge in [0.1, 0.15) is 11.8 Å². The van der Waals surface area contributed by atoms with E-state index >= 15 is 0 Å². The largest absolute Gasteiger partial charge is 0.467 e. The van der Waals surface area contributed by atoms with Crippen molar-refractivity contribution < 1.29 is 12.8 Å². The minimum atomic E-state index is -3.59. The summed E-state index contributed by atoms with van der Waals surface area (Å²) in [5.74, 6) is 0.639. The summed E-state index contributed by atoms with van der Waals surface area (Å²) >= 11 is 0. The third-order valence-corrected chi connectivity index (χ3v) is 4.90. The summed E-state index contributed by atoms with van der Waals surface area (Å²) in [6, 6.07) is 11.8. The second-order valence-corrected chi connectivity index (χ2v) is 6.95. The van der Waals surface area contributed by atoms with Gasteiger partial charge in [0.2, 0.25) is 10.0 Å². The zero-order valence-corrected chi connectivity index (χ0v) is 13.4. The summed E-state index contributed by atoms with van der Waals surface area (Å²) in [6.45, 7) is 2.00. The number of rotatable bonds is 6. The van der Waals surface area contributed by atoms with E-state index in [9.17, 15) is 8.42 Å². The normalized spacial score (nSPS) is 13.1. The average Bonchev–Trinajstić information content (AvgIpc) is 3.21. The predicted octanol–water partition coefficient (Wildman–Crippen LogP) is 2.35. The van der Waals surface area contributed by atoms with Crippen LogP contribution in [0.1, 0.15) is 17.4 Å². The summed E-state index contributed by atoms with van der Waals surface area (Å²) in [6.07, 6.45) is 4.97. The molecule has 0 aliphatic carbocycles. The van der Waals surface area contributed by atoms with Gasteiger partial charge in [0.25, 0.3) is 0 Å². The maximum absolute atomic E-state index is 12.5. The molecule has 1 N–H and O–H groups in total. The molecule has 0 aliphatic rings. The quantitative estimate of drug-likeness (QED) is 0.752. The molecule has 0 fully saturated rings. The molecule has 2 heterocycles. The van der Waals surface area contributed by atoms with E-state index in [1.165, 1.54) is 0 Å². The van der Waals surface area contributed by atoms with Crippen molar-refractivity contribution >= 4 is 10.0 Å². The molecule has 3 aromatic rings. The Morgan fingerprint density at radius 2 is 2.13 bits per heavy atom. The Bertz CT molecular complexity index is 822. The van der Waals surface area contributed by atoms with Crippen LogP contribution in [0, 0.1) is 6.92 Å². The SMILES string of the molecule is Cc1cccc(S(=O)(=O)NCC(c2ccco2)n2cccn2)c1. The van der Waals surface area contributed by atoms with Crippen molar-refractivity contribution in [1.82, 2.24) is 14.5 Å². The van der Waals surface area contributed by atoms with Crippen LogP contribution in [0.4, 0.5) is 0 Å². The molecule has 0 saturated heterocycles. The average molecular weight is 331 g/mol. The number of benzene rings is 1. The second kappa shape index (κ2) is 6.39. The van der Waals surface area contributed by atoms with Crippen LogP contribution in [0.15, 0.2) is 70.4 Å². The van der Waals surface area contributed by atoms with Crippen molar-refractivity contribution in [3.05, 3.63) is 72.4 Å². The van der Waals surface area contributed by atoms with Gasteiger partial charge < -0.3 is 4.42 Å². The van der Waals surface area contributed by atoms with E-state index in [-0.39, 0.29) is 17.5 Å². The molecule has 2 aromatic heterocycles. The number of nitrogens with zero attached hydrogens (tertiary/aromatic N) is 2. The highest BCUT2D eigenvalue weighted by atomic mass is 32.2. The molecule has 0 spiro atoms. The fourth-order valence-corrected chi connectivity index (χ4v) is 3.47. The van der Waals surface area contributed by atoms with Gasteiger partial charge in [-0.3, -0.25) is 4.68 Å². The van der Waals surface area contributed by atoms with E-state index in [2.05, 4.69) is 9.82 Å². The third-order valence-electron chi connectivity index (χ3n) is 3.48. The molecule has 23 heavy (non-hydrogen) atoms. The Kier molecular flexibility index (Phi) is 4.31. The van der Waals surface area contributed by atoms with Crippen molar-refractivity contribution in [1.29, 1.82) is 0 Å². The van der Waals surface area contributed by atoms with Gasteiger partial charge in [-0.15, -0.1) is 0 Å². The van der Waals surface area contributed by atoms with Crippen LogP contribution in [0.3, 0.4) is 0 Å². The molecule has 7 heteroatoms. The van der Waals surface area contributed by atoms with Gasteiger partial charge in [-0.1, -0.05) is 12.1 Å². The molecule has 1 unspecified atom stereocenters. The van der Waals surface area contributed by atoms with Gasteiger partial charge in [0.05, 0.1) is 11.2 Å². The number of nitrogens with one attached hydrogen (secondary N) is 1. The zero-order valence-electron chi connectivity index (χ0n) is 12.6. The van der Waals surface area contributed by atoms with Gasteiger partial charge in [-0.25, -0.2) is 13.1 Å². The monoisotopic (exact) mass is 331 g/mol. The van der Waals surface area contributed by atoms with Crippen molar-refractivity contribution in [2.24, 2.45) is 0 Å². The predicted molar refractivity (Wildman–Crippen MR) is 85.4 cm³/mol. The van der Waals surface area contributed by atoms with Gasteiger partial charge in [-0.05, 0) is 42.8 Å². The molecule has 3 rings (SSSR count). The summed E-state index contributed by atoms with van der Waals surface area (Å²) in [5, 5.41) is 4.18. The van der Waals surface area contributed by atoms with E-state index in [0.717, 1.165) is 5.56 Å². The lowest BCUT2D eigenvalue weighted by molar-refractivity contribution is 0.402. The first kappa shape index (κ1) is 15.5. The molecular weight excluding hydrogens is 314 g/mol. The van der Waals surface area contributed by atoms with Crippen LogP contribution in [-0.2, 0) is 10.0 Å². The highest BCUT2D eigenvalue weighted by Gasteiger charge is 2.21. The zero-order chi connectivity index (χ0) is 16.3. The second-order valence-electron chi connectivity index (χ2n) is 5.19. The van der Waals surface area contributed by atoms with Crippen LogP contribution >= 0.6 is 0 Å². The first-order valence-electron chi connectivity index (χ1n) is 7.15. The maximum Gasteiger partial charge on any atom is 0.240 e. The Labute approximate surface area is 134 Å². The number of aryl methyl sites for hydroxylation is 1. The number of aromatic nitrogens is 2. The lowest BCUT2D eigenvalue weighted by Gasteiger charge is -2.16. The van der Waals surface area contributed by atoms with Crippen molar-refractivity contribution in [3.63, 3.8) is 0 Å². The summed E-state index contributed by atoms with van der Waals surface area (Å²) in [4.78, 5) is 0.246. The lowest BCUT2D eigenvalue weighted by atomic mass is 10.2. The molecule has 1 atom stereocenters. The van der Waals surface area contributed by atoms with Gasteiger partial charge in [-0.2, -0.15) is 5.10 Å².